The fourth-order valence-electron chi connectivity index (χ4n) is 3.44. The Morgan fingerprint density at radius 1 is 1.00 bits per heavy atom. The number of fused-ring (bicyclic) bond motifs is 1. The van der Waals surface area contributed by atoms with Crippen LogP contribution < -0.4 is 14.8 Å². The van der Waals surface area contributed by atoms with Crippen LogP contribution >= 0.6 is 0 Å². The Morgan fingerprint density at radius 3 is 2.48 bits per heavy atom. The van der Waals surface area contributed by atoms with E-state index < -0.39 is 22.0 Å². The normalized spacial score (nSPS) is 18.6. The molecular formula is C21H20N4O7S. The molecule has 1 N–H and O–H groups in total. The molecule has 33 heavy (non-hydrogen) atoms. The molecule has 3 heterocycles. The number of rotatable bonds is 5. The maximum atomic E-state index is 12.7. The second-order valence-corrected chi connectivity index (χ2v) is 9.24. The quantitative estimate of drug-likeness (QED) is 0.590. The number of para-hydroxylation sites is 2. The molecule has 1 atom stereocenters. The van der Waals surface area contributed by atoms with Crippen molar-refractivity contribution in [1.82, 2.24) is 14.5 Å². The summed E-state index contributed by atoms with van der Waals surface area (Å²) in [6.07, 6.45) is -0.609. The van der Waals surface area contributed by atoms with Crippen LogP contribution in [0.25, 0.3) is 0 Å². The van der Waals surface area contributed by atoms with Crippen molar-refractivity contribution in [3.8, 4) is 11.5 Å². The van der Waals surface area contributed by atoms with E-state index in [4.69, 9.17) is 18.6 Å². The average molecular weight is 472 g/mol. The third kappa shape index (κ3) is 4.40. The zero-order chi connectivity index (χ0) is 22.8. The number of carbonyl (C=O) groups is 1. The van der Waals surface area contributed by atoms with Crippen molar-refractivity contribution in [2.24, 2.45) is 0 Å². The largest absolute Gasteiger partial charge is 0.485 e. The van der Waals surface area contributed by atoms with Gasteiger partial charge in [-0.2, -0.15) is 4.31 Å². The van der Waals surface area contributed by atoms with E-state index in [2.05, 4.69) is 15.5 Å². The molecule has 12 heteroatoms. The van der Waals surface area contributed by atoms with Gasteiger partial charge in [0, 0.05) is 18.7 Å². The minimum absolute atomic E-state index is 0.107. The summed E-state index contributed by atoms with van der Waals surface area (Å²) in [4.78, 5) is 12.7. The van der Waals surface area contributed by atoms with Crippen molar-refractivity contribution < 1.29 is 31.8 Å². The van der Waals surface area contributed by atoms with Gasteiger partial charge in [-0.15, -0.1) is 5.10 Å². The van der Waals surface area contributed by atoms with Crippen molar-refractivity contribution in [2.75, 3.05) is 38.2 Å². The van der Waals surface area contributed by atoms with Gasteiger partial charge in [-0.25, -0.2) is 8.42 Å². The number of ether oxygens (including phenoxy) is 3. The first-order valence-electron chi connectivity index (χ1n) is 10.2. The molecule has 1 saturated heterocycles. The van der Waals surface area contributed by atoms with Gasteiger partial charge >= 0.3 is 6.01 Å². The smallest absolute Gasteiger partial charge is 0.322 e. The van der Waals surface area contributed by atoms with Crippen molar-refractivity contribution in [3.05, 3.63) is 60.0 Å². The number of hydrogen-bond acceptors (Lipinski definition) is 9. The molecule has 0 spiro atoms. The minimum Gasteiger partial charge on any atom is -0.485 e. The van der Waals surface area contributed by atoms with E-state index in [1.54, 1.807) is 12.1 Å². The molecule has 11 nitrogen and oxygen atoms in total. The van der Waals surface area contributed by atoms with Crippen LogP contribution in [0.1, 0.15) is 22.4 Å². The van der Waals surface area contributed by atoms with E-state index in [0.717, 1.165) is 0 Å². The molecule has 0 saturated carbocycles. The highest BCUT2D eigenvalue weighted by molar-refractivity contribution is 7.89. The Hall–Kier alpha value is -3.48. The molecule has 1 amide bonds. The molecule has 5 rings (SSSR count). The molecule has 172 valence electrons. The summed E-state index contributed by atoms with van der Waals surface area (Å²) < 4.78 is 48.9. The number of aromatic nitrogens is 2. The molecular weight excluding hydrogens is 452 g/mol. The standard InChI is InChI=1S/C21H20N4O7S/c26-19(14-5-7-15(8-6-14)33(27,28)25-9-11-29-12-10-25)22-21-24-23-20(32-21)18-13-30-16-3-1-2-4-17(16)31-18/h1-8,18H,9-13H2,(H,22,24,26). The summed E-state index contributed by atoms with van der Waals surface area (Å²) in [5.41, 5.74) is 0.238. The lowest BCUT2D eigenvalue weighted by molar-refractivity contribution is 0.0716. The van der Waals surface area contributed by atoms with Gasteiger partial charge in [0.1, 0.15) is 6.61 Å². The average Bonchev–Trinajstić information content (AvgIpc) is 3.33. The first-order valence-corrected chi connectivity index (χ1v) is 11.7. The molecule has 1 unspecified atom stereocenters. The van der Waals surface area contributed by atoms with Gasteiger partial charge in [-0.1, -0.05) is 17.2 Å². The van der Waals surface area contributed by atoms with Crippen LogP contribution in [0, 0.1) is 0 Å². The van der Waals surface area contributed by atoms with Crippen LogP contribution in [0.15, 0.2) is 57.8 Å². The SMILES string of the molecule is O=C(Nc1nnc(C2COc3ccccc3O2)o1)c1ccc(S(=O)(=O)N2CCOCC2)cc1. The Bertz CT molecular complexity index is 1250. The second kappa shape index (κ2) is 8.81. The maximum Gasteiger partial charge on any atom is 0.322 e. The van der Waals surface area contributed by atoms with Crippen molar-refractivity contribution in [3.63, 3.8) is 0 Å². The lowest BCUT2D eigenvalue weighted by atomic mass is 10.2. The van der Waals surface area contributed by atoms with E-state index in [0.29, 0.717) is 37.8 Å². The monoisotopic (exact) mass is 472 g/mol. The number of morpholine rings is 1. The van der Waals surface area contributed by atoms with Gasteiger partial charge in [-0.3, -0.25) is 10.1 Å². The number of nitrogens with one attached hydrogen (secondary N) is 1. The van der Waals surface area contributed by atoms with Crippen LogP contribution in [0.4, 0.5) is 6.01 Å². The van der Waals surface area contributed by atoms with E-state index in [9.17, 15) is 13.2 Å². The van der Waals surface area contributed by atoms with Gasteiger partial charge in [0.25, 0.3) is 11.8 Å². The van der Waals surface area contributed by atoms with Crippen molar-refractivity contribution in [2.45, 2.75) is 11.0 Å². The molecule has 2 aromatic carbocycles. The van der Waals surface area contributed by atoms with E-state index in [-0.39, 0.29) is 29.0 Å². The topological polar surface area (TPSA) is 133 Å². The van der Waals surface area contributed by atoms with Crippen molar-refractivity contribution >= 4 is 21.9 Å². The summed E-state index contributed by atoms with van der Waals surface area (Å²) >= 11 is 0. The predicted octanol–water partition coefficient (Wildman–Crippen LogP) is 1.86. The van der Waals surface area contributed by atoms with Crippen LogP contribution in [0.5, 0.6) is 11.5 Å². The second-order valence-electron chi connectivity index (χ2n) is 7.30. The van der Waals surface area contributed by atoms with Gasteiger partial charge in [-0.05, 0) is 36.4 Å². The molecule has 2 aliphatic rings. The number of carbonyl (C=O) groups excluding carboxylic acids is 1. The molecule has 1 aromatic heterocycles. The van der Waals surface area contributed by atoms with Crippen molar-refractivity contribution in [1.29, 1.82) is 0 Å². The van der Waals surface area contributed by atoms with Gasteiger partial charge in [0.15, 0.2) is 11.5 Å². The predicted molar refractivity (Wildman–Crippen MR) is 114 cm³/mol. The van der Waals surface area contributed by atoms with Crippen LogP contribution in [-0.4, -0.2) is 61.7 Å². The molecule has 0 aliphatic carbocycles. The highest BCUT2D eigenvalue weighted by Gasteiger charge is 2.28. The van der Waals surface area contributed by atoms with E-state index >= 15 is 0 Å². The Morgan fingerprint density at radius 2 is 1.73 bits per heavy atom. The third-order valence-electron chi connectivity index (χ3n) is 5.17. The number of hydrogen-bond donors (Lipinski definition) is 1. The molecule has 3 aromatic rings. The fraction of sp³-hybridized carbons (Fsp3) is 0.286. The summed E-state index contributed by atoms with van der Waals surface area (Å²) in [5, 5.41) is 10.3. The molecule has 2 aliphatic heterocycles. The number of nitrogens with zero attached hydrogens (tertiary/aromatic N) is 3. The molecule has 1 fully saturated rings. The molecule has 0 bridgehead atoms. The zero-order valence-corrected chi connectivity index (χ0v) is 18.2. The number of sulfonamides is 1. The highest BCUT2D eigenvalue weighted by atomic mass is 32.2. The number of amides is 1. The van der Waals surface area contributed by atoms with E-state index in [1.165, 1.54) is 28.6 Å². The minimum atomic E-state index is -3.64. The van der Waals surface area contributed by atoms with E-state index in [1.807, 2.05) is 12.1 Å². The summed E-state index contributed by atoms with van der Waals surface area (Å²) in [5.74, 6) is 0.823. The first-order chi connectivity index (χ1) is 16.0. The lowest BCUT2D eigenvalue weighted by Crippen LogP contribution is -2.40. The van der Waals surface area contributed by atoms with Crippen LogP contribution in [0.2, 0.25) is 0 Å². The highest BCUT2D eigenvalue weighted by Crippen LogP contribution is 2.35. The summed E-state index contributed by atoms with van der Waals surface area (Å²) in [7, 11) is -3.64. The Labute approximate surface area is 189 Å². The third-order valence-corrected chi connectivity index (χ3v) is 7.08. The number of benzene rings is 2. The zero-order valence-electron chi connectivity index (χ0n) is 17.3. The van der Waals surface area contributed by atoms with Gasteiger partial charge < -0.3 is 18.6 Å². The summed E-state index contributed by atoms with van der Waals surface area (Å²) in [6.45, 7) is 1.50. The van der Waals surface area contributed by atoms with Gasteiger partial charge in [0.05, 0.1) is 18.1 Å². The first kappa shape index (κ1) is 21.4. The molecule has 0 radical (unpaired) electrons. The van der Waals surface area contributed by atoms with Gasteiger partial charge in [0.2, 0.25) is 16.1 Å². The Balaban J connectivity index is 1.24. The lowest BCUT2D eigenvalue weighted by Gasteiger charge is -2.26. The maximum absolute atomic E-state index is 12.7. The summed E-state index contributed by atoms with van der Waals surface area (Å²) in [6, 6.07) is 12.8. The number of anilines is 1. The van der Waals surface area contributed by atoms with Crippen LogP contribution in [0.3, 0.4) is 0 Å². The van der Waals surface area contributed by atoms with Crippen LogP contribution in [-0.2, 0) is 14.8 Å². The Kier molecular flexibility index (Phi) is 5.70. The fourth-order valence-corrected chi connectivity index (χ4v) is 4.85.